The Labute approximate surface area is 118 Å². The van der Waals surface area contributed by atoms with Crippen molar-refractivity contribution in [3.63, 3.8) is 0 Å². The van der Waals surface area contributed by atoms with E-state index >= 15 is 0 Å². The molecule has 0 aromatic heterocycles. The third-order valence-electron chi connectivity index (χ3n) is 3.80. The number of nitrogens with two attached hydrogens (primary N) is 1. The Balaban J connectivity index is 1.89. The van der Waals surface area contributed by atoms with Gasteiger partial charge in [0.1, 0.15) is 0 Å². The van der Waals surface area contributed by atoms with Gasteiger partial charge in [-0.05, 0) is 24.8 Å². The van der Waals surface area contributed by atoms with Gasteiger partial charge in [0.05, 0.1) is 12.0 Å². The molecule has 0 heterocycles. The predicted octanol–water partition coefficient (Wildman–Crippen LogP) is 0.926. The number of nitrogens with one attached hydrogen (secondary N) is 1. The number of rotatable bonds is 5. The summed E-state index contributed by atoms with van der Waals surface area (Å²) in [5, 5.41) is 11.9. The molecular formula is C15H20N2O3. The molecule has 1 fully saturated rings. The highest BCUT2D eigenvalue weighted by Crippen LogP contribution is 2.25. The predicted molar refractivity (Wildman–Crippen MR) is 75.0 cm³/mol. The second kappa shape index (κ2) is 6.52. The molecule has 1 aromatic rings. The zero-order valence-corrected chi connectivity index (χ0v) is 11.3. The molecule has 0 spiro atoms. The van der Waals surface area contributed by atoms with Crippen LogP contribution in [0.2, 0.25) is 0 Å². The van der Waals surface area contributed by atoms with Gasteiger partial charge in [-0.15, -0.1) is 0 Å². The minimum absolute atomic E-state index is 0.271. The summed E-state index contributed by atoms with van der Waals surface area (Å²) in [7, 11) is 0. The molecule has 0 saturated heterocycles. The normalized spacial score (nSPS) is 23.2. The van der Waals surface area contributed by atoms with Gasteiger partial charge >= 0.3 is 5.97 Å². The van der Waals surface area contributed by atoms with E-state index in [0.717, 1.165) is 12.0 Å². The third-order valence-corrected chi connectivity index (χ3v) is 3.80. The lowest BCUT2D eigenvalue weighted by atomic mass is 10.0. The van der Waals surface area contributed by atoms with Crippen molar-refractivity contribution in [2.75, 3.05) is 0 Å². The lowest BCUT2D eigenvalue weighted by molar-refractivity contribution is -0.142. The number of hydrogen-bond donors (Lipinski definition) is 3. The summed E-state index contributed by atoms with van der Waals surface area (Å²) in [5.74, 6) is -1.60. The molecule has 1 saturated carbocycles. The summed E-state index contributed by atoms with van der Waals surface area (Å²) in [4.78, 5) is 23.1. The molecule has 108 valence electrons. The molecular weight excluding hydrogens is 256 g/mol. The Morgan fingerprint density at radius 2 is 2.00 bits per heavy atom. The molecule has 0 unspecified atom stereocenters. The van der Waals surface area contributed by atoms with Gasteiger partial charge in [-0.1, -0.05) is 36.8 Å². The number of carboxylic acid groups (broad SMARTS) is 1. The summed E-state index contributed by atoms with van der Waals surface area (Å²) in [6.45, 7) is 0. The fourth-order valence-corrected chi connectivity index (χ4v) is 2.68. The number of carboxylic acids is 1. The van der Waals surface area contributed by atoms with E-state index in [1.165, 1.54) is 0 Å². The van der Waals surface area contributed by atoms with Crippen LogP contribution in [0.3, 0.4) is 0 Å². The second-order valence-corrected chi connectivity index (χ2v) is 5.29. The molecule has 1 aliphatic rings. The average Bonchev–Trinajstić information content (AvgIpc) is 2.88. The monoisotopic (exact) mass is 276 g/mol. The van der Waals surface area contributed by atoms with Crippen LogP contribution in [0.1, 0.15) is 24.8 Å². The quantitative estimate of drug-likeness (QED) is 0.746. The molecule has 2 rings (SSSR count). The van der Waals surface area contributed by atoms with Crippen LogP contribution >= 0.6 is 0 Å². The first-order valence-corrected chi connectivity index (χ1v) is 6.90. The smallest absolute Gasteiger partial charge is 0.308 e. The van der Waals surface area contributed by atoms with Crippen molar-refractivity contribution in [3.8, 4) is 0 Å². The highest BCUT2D eigenvalue weighted by Gasteiger charge is 2.34. The molecule has 1 aromatic carbocycles. The van der Waals surface area contributed by atoms with Crippen molar-refractivity contribution >= 4 is 11.9 Å². The first kappa shape index (κ1) is 14.5. The van der Waals surface area contributed by atoms with Crippen LogP contribution in [0, 0.1) is 5.92 Å². The zero-order chi connectivity index (χ0) is 14.5. The van der Waals surface area contributed by atoms with E-state index in [4.69, 9.17) is 10.8 Å². The third kappa shape index (κ3) is 3.57. The molecule has 5 heteroatoms. The highest BCUT2D eigenvalue weighted by atomic mass is 16.4. The van der Waals surface area contributed by atoms with Gasteiger partial charge in [-0.25, -0.2) is 0 Å². The summed E-state index contributed by atoms with van der Waals surface area (Å²) in [6, 6.07) is 8.61. The molecule has 0 bridgehead atoms. The van der Waals surface area contributed by atoms with Crippen LogP contribution in [0.15, 0.2) is 30.3 Å². The zero-order valence-electron chi connectivity index (χ0n) is 11.3. The number of amides is 1. The second-order valence-electron chi connectivity index (χ2n) is 5.29. The topological polar surface area (TPSA) is 92.4 Å². The maximum atomic E-state index is 12.0. The van der Waals surface area contributed by atoms with Crippen LogP contribution in [0.5, 0.6) is 0 Å². The van der Waals surface area contributed by atoms with Crippen LogP contribution in [0.25, 0.3) is 0 Å². The van der Waals surface area contributed by atoms with Crippen LogP contribution in [-0.4, -0.2) is 29.1 Å². The van der Waals surface area contributed by atoms with Gasteiger partial charge < -0.3 is 16.2 Å². The Morgan fingerprint density at radius 1 is 1.30 bits per heavy atom. The Hall–Kier alpha value is -1.88. The highest BCUT2D eigenvalue weighted by molar-refractivity contribution is 5.83. The van der Waals surface area contributed by atoms with E-state index in [1.54, 1.807) is 0 Å². The maximum absolute atomic E-state index is 12.0. The molecule has 4 N–H and O–H groups in total. The van der Waals surface area contributed by atoms with E-state index in [2.05, 4.69) is 5.32 Å². The van der Waals surface area contributed by atoms with E-state index in [1.807, 2.05) is 30.3 Å². The van der Waals surface area contributed by atoms with Crippen molar-refractivity contribution < 1.29 is 14.7 Å². The molecule has 3 atom stereocenters. The largest absolute Gasteiger partial charge is 0.481 e. The van der Waals surface area contributed by atoms with Crippen LogP contribution in [-0.2, 0) is 16.0 Å². The number of aliphatic carboxylic acids is 1. The number of benzene rings is 1. The molecule has 1 amide bonds. The van der Waals surface area contributed by atoms with Gasteiger partial charge in [-0.2, -0.15) is 0 Å². The van der Waals surface area contributed by atoms with Crippen LogP contribution in [0.4, 0.5) is 0 Å². The number of hydrogen-bond acceptors (Lipinski definition) is 3. The summed E-state index contributed by atoms with van der Waals surface area (Å²) < 4.78 is 0. The van der Waals surface area contributed by atoms with Crippen molar-refractivity contribution in [1.82, 2.24) is 5.32 Å². The van der Waals surface area contributed by atoms with E-state index < -0.39 is 17.9 Å². The molecule has 5 nitrogen and oxygen atoms in total. The van der Waals surface area contributed by atoms with Crippen LogP contribution < -0.4 is 11.1 Å². The SMILES string of the molecule is N[C@@H](Cc1ccccc1)C(=O)N[C@H]1CCC[C@H]1C(=O)O. The van der Waals surface area contributed by atoms with Gasteiger partial charge in [-0.3, -0.25) is 9.59 Å². The molecule has 20 heavy (non-hydrogen) atoms. The van der Waals surface area contributed by atoms with Gasteiger partial charge in [0.15, 0.2) is 0 Å². The Morgan fingerprint density at radius 3 is 2.65 bits per heavy atom. The maximum Gasteiger partial charge on any atom is 0.308 e. The Kier molecular flexibility index (Phi) is 4.74. The average molecular weight is 276 g/mol. The Bertz CT molecular complexity index is 475. The summed E-state index contributed by atoms with van der Waals surface area (Å²) in [5.41, 5.74) is 6.89. The first-order valence-electron chi connectivity index (χ1n) is 6.90. The van der Waals surface area contributed by atoms with Gasteiger partial charge in [0.2, 0.25) is 5.91 Å². The molecule has 1 aliphatic carbocycles. The van der Waals surface area contributed by atoms with Crippen molar-refractivity contribution in [3.05, 3.63) is 35.9 Å². The van der Waals surface area contributed by atoms with E-state index in [-0.39, 0.29) is 11.9 Å². The first-order chi connectivity index (χ1) is 9.58. The molecule has 0 aliphatic heterocycles. The minimum Gasteiger partial charge on any atom is -0.481 e. The summed E-state index contributed by atoms with van der Waals surface area (Å²) in [6.07, 6.45) is 2.61. The van der Waals surface area contributed by atoms with E-state index in [9.17, 15) is 9.59 Å². The number of carbonyl (C=O) groups is 2. The van der Waals surface area contributed by atoms with E-state index in [0.29, 0.717) is 19.3 Å². The minimum atomic E-state index is -0.843. The lowest BCUT2D eigenvalue weighted by Gasteiger charge is -2.20. The molecule has 0 radical (unpaired) electrons. The fraction of sp³-hybridized carbons (Fsp3) is 0.467. The van der Waals surface area contributed by atoms with Crippen molar-refractivity contribution in [1.29, 1.82) is 0 Å². The van der Waals surface area contributed by atoms with Gasteiger partial charge in [0, 0.05) is 6.04 Å². The van der Waals surface area contributed by atoms with Gasteiger partial charge in [0.25, 0.3) is 0 Å². The number of carbonyl (C=O) groups excluding carboxylic acids is 1. The lowest BCUT2D eigenvalue weighted by Crippen LogP contribution is -2.48. The fourth-order valence-electron chi connectivity index (χ4n) is 2.68. The summed E-state index contributed by atoms with van der Waals surface area (Å²) >= 11 is 0. The van der Waals surface area contributed by atoms with Crippen molar-refractivity contribution in [2.24, 2.45) is 11.7 Å². The van der Waals surface area contributed by atoms with Crippen molar-refractivity contribution in [2.45, 2.75) is 37.8 Å². The standard InChI is InChI=1S/C15H20N2O3/c16-12(9-10-5-2-1-3-6-10)14(18)17-13-8-4-7-11(13)15(19)20/h1-3,5-6,11-13H,4,7-9,16H2,(H,17,18)(H,19,20)/t11-,12+,13+/m1/s1.